The van der Waals surface area contributed by atoms with E-state index in [0.717, 1.165) is 33.5 Å². The van der Waals surface area contributed by atoms with Gasteiger partial charge in [-0.05, 0) is 12.1 Å². The van der Waals surface area contributed by atoms with Gasteiger partial charge in [0.2, 0.25) is 10.9 Å². The highest BCUT2D eigenvalue weighted by Crippen LogP contribution is 2.27. The highest BCUT2D eigenvalue weighted by molar-refractivity contribution is 7.19. The lowest BCUT2D eigenvalue weighted by Gasteiger charge is -2.03. The van der Waals surface area contributed by atoms with Crippen molar-refractivity contribution in [2.24, 2.45) is 0 Å². The van der Waals surface area contributed by atoms with Gasteiger partial charge in [0.15, 0.2) is 5.82 Å². The molecular formula is C13H13N5OS. The number of hydrogen-bond donors (Lipinski definition) is 1. The molecule has 7 heteroatoms. The van der Waals surface area contributed by atoms with E-state index >= 15 is 0 Å². The minimum Gasteiger partial charge on any atom is -0.326 e. The van der Waals surface area contributed by atoms with Gasteiger partial charge in [0, 0.05) is 24.6 Å². The molecule has 2 aromatic heterocycles. The van der Waals surface area contributed by atoms with Gasteiger partial charge >= 0.3 is 0 Å². The lowest BCUT2D eigenvalue weighted by Crippen LogP contribution is -2.05. The Balaban J connectivity index is 2.01. The fraction of sp³-hybridized carbons (Fsp3) is 0.231. The topological polar surface area (TPSA) is 72.2 Å². The number of amides is 1. The Morgan fingerprint density at radius 2 is 2.25 bits per heavy atom. The second kappa shape index (κ2) is 5.01. The lowest BCUT2D eigenvalue weighted by atomic mass is 10.2. The van der Waals surface area contributed by atoms with Crippen molar-refractivity contribution in [2.75, 3.05) is 5.32 Å². The summed E-state index contributed by atoms with van der Waals surface area (Å²) in [6, 6.07) is 7.60. The Labute approximate surface area is 119 Å². The summed E-state index contributed by atoms with van der Waals surface area (Å²) < 4.78 is 1.77. The third-order valence-electron chi connectivity index (χ3n) is 2.80. The minimum atomic E-state index is -0.0893. The normalized spacial score (nSPS) is 10.9. The molecule has 1 aromatic carbocycles. The van der Waals surface area contributed by atoms with Gasteiger partial charge < -0.3 is 5.32 Å². The first-order chi connectivity index (χ1) is 9.67. The molecule has 1 N–H and O–H groups in total. The van der Waals surface area contributed by atoms with E-state index in [9.17, 15) is 4.79 Å². The van der Waals surface area contributed by atoms with Crippen molar-refractivity contribution < 1.29 is 4.79 Å². The number of carbonyl (C=O) groups is 1. The van der Waals surface area contributed by atoms with Crippen LogP contribution >= 0.6 is 11.3 Å². The standard InChI is InChI=1S/C13H13N5OS/c1-3-11-15-16-13-18(11)17-12(20-13)9-5-4-6-10(7-9)14-8(2)19/h4-7H,3H2,1-2H3,(H,14,19). The smallest absolute Gasteiger partial charge is 0.234 e. The van der Waals surface area contributed by atoms with Crippen LogP contribution in [0.25, 0.3) is 15.5 Å². The highest BCUT2D eigenvalue weighted by Gasteiger charge is 2.12. The largest absolute Gasteiger partial charge is 0.326 e. The van der Waals surface area contributed by atoms with Crippen LogP contribution in [0, 0.1) is 0 Å². The molecule has 0 atom stereocenters. The number of nitrogens with zero attached hydrogens (tertiary/aromatic N) is 4. The van der Waals surface area contributed by atoms with Crippen LogP contribution in [0.5, 0.6) is 0 Å². The number of aryl methyl sites for hydroxylation is 1. The quantitative estimate of drug-likeness (QED) is 0.802. The van der Waals surface area contributed by atoms with Gasteiger partial charge in [0.25, 0.3) is 0 Å². The summed E-state index contributed by atoms with van der Waals surface area (Å²) in [4.78, 5) is 11.9. The second-order valence-electron chi connectivity index (χ2n) is 4.33. The number of carbonyl (C=O) groups excluding carboxylic acids is 1. The van der Waals surface area contributed by atoms with Crippen molar-refractivity contribution in [1.29, 1.82) is 0 Å². The molecule has 0 fully saturated rings. The van der Waals surface area contributed by atoms with Crippen LogP contribution in [-0.4, -0.2) is 25.7 Å². The molecule has 6 nitrogen and oxygen atoms in total. The molecule has 0 aliphatic rings. The van der Waals surface area contributed by atoms with E-state index in [1.165, 1.54) is 18.3 Å². The van der Waals surface area contributed by atoms with E-state index in [4.69, 9.17) is 0 Å². The zero-order chi connectivity index (χ0) is 14.1. The van der Waals surface area contributed by atoms with E-state index in [2.05, 4.69) is 20.6 Å². The van der Waals surface area contributed by atoms with E-state index in [-0.39, 0.29) is 5.91 Å². The van der Waals surface area contributed by atoms with E-state index in [1.807, 2.05) is 31.2 Å². The molecule has 0 unspecified atom stereocenters. The summed E-state index contributed by atoms with van der Waals surface area (Å²) in [6.07, 6.45) is 0.788. The van der Waals surface area contributed by atoms with Crippen LogP contribution in [-0.2, 0) is 11.2 Å². The van der Waals surface area contributed by atoms with Crippen molar-refractivity contribution in [3.63, 3.8) is 0 Å². The van der Waals surface area contributed by atoms with Crippen molar-refractivity contribution >= 4 is 27.9 Å². The molecular weight excluding hydrogens is 274 g/mol. The molecule has 3 aromatic rings. The maximum atomic E-state index is 11.1. The summed E-state index contributed by atoms with van der Waals surface area (Å²) in [6.45, 7) is 3.51. The third kappa shape index (κ3) is 2.27. The molecule has 0 saturated heterocycles. The number of rotatable bonds is 3. The molecule has 0 radical (unpaired) electrons. The van der Waals surface area contributed by atoms with Crippen LogP contribution in [0.3, 0.4) is 0 Å². The van der Waals surface area contributed by atoms with Crippen LogP contribution in [0.1, 0.15) is 19.7 Å². The molecule has 0 spiro atoms. The summed E-state index contributed by atoms with van der Waals surface area (Å²) in [5.74, 6) is 0.758. The van der Waals surface area contributed by atoms with E-state index in [1.54, 1.807) is 4.52 Å². The van der Waals surface area contributed by atoms with Gasteiger partial charge in [0.1, 0.15) is 5.01 Å². The maximum Gasteiger partial charge on any atom is 0.234 e. The Morgan fingerprint density at radius 1 is 1.40 bits per heavy atom. The first-order valence-electron chi connectivity index (χ1n) is 6.26. The summed E-state index contributed by atoms with van der Waals surface area (Å²) >= 11 is 1.48. The van der Waals surface area contributed by atoms with Crippen LogP contribution in [0.4, 0.5) is 5.69 Å². The monoisotopic (exact) mass is 287 g/mol. The number of anilines is 1. The summed E-state index contributed by atoms with van der Waals surface area (Å²) in [5, 5.41) is 16.3. The van der Waals surface area contributed by atoms with Crippen molar-refractivity contribution in [2.45, 2.75) is 20.3 Å². The summed E-state index contributed by atoms with van der Waals surface area (Å²) in [7, 11) is 0. The first-order valence-corrected chi connectivity index (χ1v) is 7.08. The second-order valence-corrected chi connectivity index (χ2v) is 5.29. The van der Waals surface area contributed by atoms with Gasteiger partial charge in [-0.1, -0.05) is 30.4 Å². The SMILES string of the molecule is CCc1nnc2sc(-c3cccc(NC(C)=O)c3)nn12. The molecule has 3 rings (SSSR count). The predicted molar refractivity (Wildman–Crippen MR) is 77.8 cm³/mol. The molecule has 0 aliphatic carbocycles. The zero-order valence-corrected chi connectivity index (χ0v) is 11.9. The molecule has 1 amide bonds. The average molecular weight is 287 g/mol. The van der Waals surface area contributed by atoms with Crippen molar-refractivity contribution in [1.82, 2.24) is 19.8 Å². The zero-order valence-electron chi connectivity index (χ0n) is 11.1. The highest BCUT2D eigenvalue weighted by atomic mass is 32.1. The van der Waals surface area contributed by atoms with Crippen LogP contribution in [0.15, 0.2) is 24.3 Å². The molecule has 2 heterocycles. The fourth-order valence-electron chi connectivity index (χ4n) is 1.93. The van der Waals surface area contributed by atoms with Gasteiger partial charge in [0.05, 0.1) is 0 Å². The Hall–Kier alpha value is -2.28. The number of fused-ring (bicyclic) bond motifs is 1. The van der Waals surface area contributed by atoms with Gasteiger partial charge in [-0.2, -0.15) is 9.61 Å². The van der Waals surface area contributed by atoms with Crippen LogP contribution < -0.4 is 5.32 Å². The minimum absolute atomic E-state index is 0.0893. The van der Waals surface area contributed by atoms with E-state index in [0.29, 0.717) is 0 Å². The van der Waals surface area contributed by atoms with Gasteiger partial charge in [-0.3, -0.25) is 4.79 Å². The lowest BCUT2D eigenvalue weighted by molar-refractivity contribution is -0.114. The Morgan fingerprint density at radius 3 is 3.00 bits per heavy atom. The van der Waals surface area contributed by atoms with Crippen molar-refractivity contribution in [3.05, 3.63) is 30.1 Å². The number of aromatic nitrogens is 4. The molecule has 20 heavy (non-hydrogen) atoms. The maximum absolute atomic E-state index is 11.1. The third-order valence-corrected chi connectivity index (χ3v) is 3.75. The Kier molecular flexibility index (Phi) is 3.19. The van der Waals surface area contributed by atoms with Gasteiger partial charge in [-0.25, -0.2) is 0 Å². The van der Waals surface area contributed by atoms with Crippen molar-refractivity contribution in [3.8, 4) is 10.6 Å². The number of nitrogens with one attached hydrogen (secondary N) is 1. The molecule has 0 saturated carbocycles. The van der Waals surface area contributed by atoms with Crippen LogP contribution in [0.2, 0.25) is 0 Å². The first kappa shape index (κ1) is 12.7. The fourth-order valence-corrected chi connectivity index (χ4v) is 2.78. The predicted octanol–water partition coefficient (Wildman–Crippen LogP) is 2.37. The van der Waals surface area contributed by atoms with Gasteiger partial charge in [-0.15, -0.1) is 10.2 Å². The number of benzene rings is 1. The molecule has 0 bridgehead atoms. The molecule has 0 aliphatic heterocycles. The summed E-state index contributed by atoms with van der Waals surface area (Å²) in [5.41, 5.74) is 1.71. The molecule has 102 valence electrons. The number of hydrogen-bond acceptors (Lipinski definition) is 5. The average Bonchev–Trinajstić information content (AvgIpc) is 2.97. The Bertz CT molecular complexity index is 776. The van der Waals surface area contributed by atoms with E-state index < -0.39 is 0 Å².